The van der Waals surface area contributed by atoms with Gasteiger partial charge in [-0.3, -0.25) is 0 Å². The van der Waals surface area contributed by atoms with Crippen molar-refractivity contribution in [3.05, 3.63) is 132 Å². The first-order valence-corrected chi connectivity index (χ1v) is 10.9. The van der Waals surface area contributed by atoms with E-state index in [1.807, 2.05) is 25.2 Å². The first-order valence-electron chi connectivity index (χ1n) is 10.9. The Morgan fingerprint density at radius 1 is 0.871 bits per heavy atom. The lowest BCUT2D eigenvalue weighted by molar-refractivity contribution is 1.22. The van der Waals surface area contributed by atoms with E-state index in [-0.39, 0.29) is 0 Å². The van der Waals surface area contributed by atoms with E-state index in [1.165, 1.54) is 27.8 Å². The smallest absolute Gasteiger partial charge is 0.0384 e. The molecular formula is C30H31N. The van der Waals surface area contributed by atoms with Crippen LogP contribution in [0.15, 0.2) is 110 Å². The normalized spacial score (nSPS) is 12.2. The molecule has 0 fully saturated rings. The number of aryl methyl sites for hydroxylation is 1. The minimum absolute atomic E-state index is 1.01. The second-order valence-corrected chi connectivity index (χ2v) is 7.48. The Labute approximate surface area is 187 Å². The fourth-order valence-electron chi connectivity index (χ4n) is 3.66. The van der Waals surface area contributed by atoms with Crippen molar-refractivity contribution in [2.24, 2.45) is 0 Å². The maximum atomic E-state index is 3.81. The van der Waals surface area contributed by atoms with E-state index < -0.39 is 0 Å². The number of allylic oxidation sites excluding steroid dienone is 6. The maximum Gasteiger partial charge on any atom is 0.0384 e. The van der Waals surface area contributed by atoms with E-state index in [0.29, 0.717) is 0 Å². The van der Waals surface area contributed by atoms with Crippen LogP contribution in [0.5, 0.6) is 0 Å². The van der Waals surface area contributed by atoms with Gasteiger partial charge in [-0.25, -0.2) is 0 Å². The Hall–Kier alpha value is -3.58. The summed E-state index contributed by atoms with van der Waals surface area (Å²) in [5.41, 5.74) is 9.60. The van der Waals surface area contributed by atoms with Crippen molar-refractivity contribution in [1.82, 2.24) is 0 Å². The van der Waals surface area contributed by atoms with Crippen molar-refractivity contribution < 1.29 is 0 Å². The van der Waals surface area contributed by atoms with Gasteiger partial charge in [-0.15, -0.1) is 0 Å². The van der Waals surface area contributed by atoms with Crippen LogP contribution in [0, 0.1) is 6.92 Å². The molecule has 0 heterocycles. The summed E-state index contributed by atoms with van der Waals surface area (Å²) in [6.45, 7) is 10.2. The van der Waals surface area contributed by atoms with E-state index >= 15 is 0 Å². The highest BCUT2D eigenvalue weighted by Crippen LogP contribution is 2.28. The zero-order valence-electron chi connectivity index (χ0n) is 18.7. The Kier molecular flexibility index (Phi) is 7.84. The standard InChI is InChI=1S/C30H31N/c1-5-10-24(11-6-2)25-15-19-27(20-16-25)31-28-21-17-26(18-22-28)30(12-7-3)29-14-9-8-13-23(29)4/h5-6,8-22,31H,1,7H2,2-4H3/b11-6-,24-10+,30-12-. The van der Waals surface area contributed by atoms with Crippen molar-refractivity contribution in [2.75, 3.05) is 5.32 Å². The van der Waals surface area contributed by atoms with Gasteiger partial charge in [-0.2, -0.15) is 0 Å². The third-order valence-corrected chi connectivity index (χ3v) is 5.19. The minimum Gasteiger partial charge on any atom is -0.356 e. The summed E-state index contributed by atoms with van der Waals surface area (Å²) in [6, 6.07) is 25.7. The molecule has 0 saturated carbocycles. The molecular weight excluding hydrogens is 374 g/mol. The van der Waals surface area contributed by atoms with Crippen molar-refractivity contribution in [3.8, 4) is 0 Å². The fourth-order valence-corrected chi connectivity index (χ4v) is 3.66. The quantitative estimate of drug-likeness (QED) is 0.369. The topological polar surface area (TPSA) is 12.0 Å². The molecule has 156 valence electrons. The van der Waals surface area contributed by atoms with Gasteiger partial charge in [0.2, 0.25) is 0 Å². The van der Waals surface area contributed by atoms with Gasteiger partial charge in [0.05, 0.1) is 0 Å². The highest BCUT2D eigenvalue weighted by atomic mass is 14.9. The minimum atomic E-state index is 1.01. The van der Waals surface area contributed by atoms with Crippen LogP contribution in [0.3, 0.4) is 0 Å². The van der Waals surface area contributed by atoms with Crippen LogP contribution in [0.1, 0.15) is 42.5 Å². The third-order valence-electron chi connectivity index (χ3n) is 5.19. The molecule has 0 aromatic heterocycles. The number of hydrogen-bond donors (Lipinski definition) is 1. The van der Waals surface area contributed by atoms with Crippen LogP contribution in [0.25, 0.3) is 11.1 Å². The predicted molar refractivity (Wildman–Crippen MR) is 138 cm³/mol. The third kappa shape index (κ3) is 5.73. The number of hydrogen-bond acceptors (Lipinski definition) is 1. The van der Waals surface area contributed by atoms with Crippen molar-refractivity contribution in [2.45, 2.75) is 27.2 Å². The molecule has 0 atom stereocenters. The average molecular weight is 406 g/mol. The molecule has 0 amide bonds. The highest BCUT2D eigenvalue weighted by Gasteiger charge is 2.07. The fraction of sp³-hybridized carbons (Fsp3) is 0.133. The van der Waals surface area contributed by atoms with Crippen molar-refractivity contribution >= 4 is 22.5 Å². The first kappa shape index (κ1) is 22.1. The molecule has 0 aliphatic carbocycles. The van der Waals surface area contributed by atoms with Gasteiger partial charge in [0.25, 0.3) is 0 Å². The summed E-state index contributed by atoms with van der Waals surface area (Å²) in [4.78, 5) is 0. The highest BCUT2D eigenvalue weighted by molar-refractivity contribution is 5.82. The van der Waals surface area contributed by atoms with Gasteiger partial charge in [0, 0.05) is 11.4 Å². The molecule has 0 spiro atoms. The second kappa shape index (κ2) is 11.0. The molecule has 0 aliphatic heterocycles. The largest absolute Gasteiger partial charge is 0.356 e. The Morgan fingerprint density at radius 3 is 2.03 bits per heavy atom. The summed E-state index contributed by atoms with van der Waals surface area (Å²) in [5.74, 6) is 0. The SMILES string of the molecule is C=C/C=C(\C=C/C)c1ccc(Nc2ccc(/C(=C/CC)c3ccccc3C)cc2)cc1. The maximum absolute atomic E-state index is 3.81. The van der Waals surface area contributed by atoms with Gasteiger partial charge in [0.15, 0.2) is 0 Å². The second-order valence-electron chi connectivity index (χ2n) is 7.48. The zero-order valence-corrected chi connectivity index (χ0v) is 18.7. The molecule has 0 unspecified atom stereocenters. The summed E-state index contributed by atoms with van der Waals surface area (Å²) in [7, 11) is 0. The van der Waals surface area contributed by atoms with Crippen LogP contribution < -0.4 is 5.32 Å². The molecule has 0 aliphatic rings. The van der Waals surface area contributed by atoms with Crippen LogP contribution >= 0.6 is 0 Å². The average Bonchev–Trinajstić information content (AvgIpc) is 2.79. The lowest BCUT2D eigenvalue weighted by atomic mass is 9.93. The molecule has 0 saturated heterocycles. The van der Waals surface area contributed by atoms with E-state index in [2.05, 4.69) is 111 Å². The number of anilines is 2. The Bertz CT molecular complexity index is 1090. The zero-order chi connectivity index (χ0) is 22.1. The molecule has 1 N–H and O–H groups in total. The van der Waals surface area contributed by atoms with Crippen molar-refractivity contribution in [3.63, 3.8) is 0 Å². The van der Waals surface area contributed by atoms with Crippen LogP contribution in [-0.2, 0) is 0 Å². The van der Waals surface area contributed by atoms with Gasteiger partial charge < -0.3 is 5.32 Å². The van der Waals surface area contributed by atoms with Gasteiger partial charge in [-0.1, -0.05) is 92.4 Å². The monoisotopic (exact) mass is 405 g/mol. The molecule has 3 rings (SSSR count). The van der Waals surface area contributed by atoms with Gasteiger partial charge >= 0.3 is 0 Å². The number of benzene rings is 3. The Balaban J connectivity index is 1.79. The van der Waals surface area contributed by atoms with Gasteiger partial charge in [0.1, 0.15) is 0 Å². The molecule has 1 nitrogen and oxygen atoms in total. The lowest BCUT2D eigenvalue weighted by Crippen LogP contribution is -1.94. The van der Waals surface area contributed by atoms with Crippen LogP contribution in [0.4, 0.5) is 11.4 Å². The van der Waals surface area contributed by atoms with E-state index in [1.54, 1.807) is 0 Å². The summed E-state index contributed by atoms with van der Waals surface area (Å²) < 4.78 is 0. The summed E-state index contributed by atoms with van der Waals surface area (Å²) in [5, 5.41) is 3.51. The van der Waals surface area contributed by atoms with E-state index in [0.717, 1.165) is 23.4 Å². The van der Waals surface area contributed by atoms with Crippen LogP contribution in [-0.4, -0.2) is 0 Å². The van der Waals surface area contributed by atoms with E-state index in [4.69, 9.17) is 0 Å². The lowest BCUT2D eigenvalue weighted by Gasteiger charge is -2.13. The van der Waals surface area contributed by atoms with E-state index in [9.17, 15) is 0 Å². The van der Waals surface area contributed by atoms with Gasteiger partial charge in [-0.05, 0) is 77.9 Å². The number of rotatable bonds is 8. The molecule has 0 radical (unpaired) electrons. The summed E-state index contributed by atoms with van der Waals surface area (Å²) >= 11 is 0. The molecule has 3 aromatic rings. The molecule has 3 aromatic carbocycles. The first-order chi connectivity index (χ1) is 15.2. The molecule has 1 heteroatoms. The molecule has 31 heavy (non-hydrogen) atoms. The van der Waals surface area contributed by atoms with Crippen LogP contribution in [0.2, 0.25) is 0 Å². The number of nitrogens with one attached hydrogen (secondary N) is 1. The molecule has 0 bridgehead atoms. The Morgan fingerprint density at radius 2 is 1.48 bits per heavy atom. The predicted octanol–water partition coefficient (Wildman–Crippen LogP) is 8.73. The summed E-state index contributed by atoms with van der Waals surface area (Å²) in [6.07, 6.45) is 11.3. The van der Waals surface area contributed by atoms with Crippen molar-refractivity contribution in [1.29, 1.82) is 0 Å².